The Morgan fingerprint density at radius 2 is 1.86 bits per heavy atom. The Balaban J connectivity index is 2.80. The maximum atomic E-state index is 12.0. The molecule has 1 atom stereocenters. The van der Waals surface area contributed by atoms with Crippen LogP contribution in [0, 0.1) is 5.41 Å². The largest absolute Gasteiger partial charge is 0.480 e. The molecule has 116 valence electrons. The molecule has 21 heavy (non-hydrogen) atoms. The quantitative estimate of drug-likeness (QED) is 0.668. The number of nitrogens with one attached hydrogen (secondary N) is 3. The maximum absolute atomic E-state index is 12.0. The number of carboxylic acid groups (broad SMARTS) is 1. The zero-order valence-electron chi connectivity index (χ0n) is 12.9. The van der Waals surface area contributed by atoms with Gasteiger partial charge in [-0.1, -0.05) is 39.0 Å². The molecule has 4 N–H and O–H groups in total. The second kappa shape index (κ2) is 7.08. The number of carboxylic acids is 1. The molecule has 6 nitrogen and oxygen atoms in total. The number of aliphatic carboxylic acids is 1. The van der Waals surface area contributed by atoms with Gasteiger partial charge in [-0.05, 0) is 24.1 Å². The number of hydrogen-bond donors (Lipinski definition) is 4. The highest BCUT2D eigenvalue weighted by Crippen LogP contribution is 2.20. The van der Waals surface area contributed by atoms with Gasteiger partial charge in [0.2, 0.25) is 0 Å². The van der Waals surface area contributed by atoms with Gasteiger partial charge in [0.05, 0.1) is 0 Å². The van der Waals surface area contributed by atoms with E-state index in [4.69, 9.17) is 0 Å². The fourth-order valence-electron chi connectivity index (χ4n) is 1.93. The molecule has 2 amide bonds. The maximum Gasteiger partial charge on any atom is 0.326 e. The highest BCUT2D eigenvalue weighted by molar-refractivity contribution is 5.93. The first-order valence-electron chi connectivity index (χ1n) is 6.78. The Morgan fingerprint density at radius 3 is 2.38 bits per heavy atom. The van der Waals surface area contributed by atoms with Gasteiger partial charge in [-0.15, -0.1) is 0 Å². The van der Waals surface area contributed by atoms with Crippen LogP contribution >= 0.6 is 0 Å². The third-order valence-electron chi connectivity index (χ3n) is 3.02. The molecule has 0 radical (unpaired) electrons. The molecule has 0 aromatic heterocycles. The van der Waals surface area contributed by atoms with E-state index in [1.54, 1.807) is 26.8 Å². The predicted octanol–water partition coefficient (Wildman–Crippen LogP) is 2.03. The molecule has 0 aliphatic rings. The molecular formula is C15H23N3O3. The summed E-state index contributed by atoms with van der Waals surface area (Å²) in [5.41, 5.74) is 1.01. The van der Waals surface area contributed by atoms with Crippen LogP contribution in [0.5, 0.6) is 0 Å². The number of hydrogen-bond acceptors (Lipinski definition) is 3. The number of anilines is 1. The molecule has 1 rings (SSSR count). The van der Waals surface area contributed by atoms with Crippen molar-refractivity contribution >= 4 is 17.7 Å². The van der Waals surface area contributed by atoms with Gasteiger partial charge in [0.15, 0.2) is 0 Å². The normalized spacial score (nSPS) is 12.6. The summed E-state index contributed by atoms with van der Waals surface area (Å²) in [6.45, 7) is 5.90. The molecule has 0 fully saturated rings. The van der Waals surface area contributed by atoms with Crippen molar-refractivity contribution in [2.24, 2.45) is 5.41 Å². The molecule has 6 heteroatoms. The van der Waals surface area contributed by atoms with E-state index < -0.39 is 23.5 Å². The fourth-order valence-corrected chi connectivity index (χ4v) is 1.93. The summed E-state index contributed by atoms with van der Waals surface area (Å²) in [6, 6.07) is 5.87. The first-order valence-corrected chi connectivity index (χ1v) is 6.78. The summed E-state index contributed by atoms with van der Waals surface area (Å²) in [7, 11) is 1.82. The molecule has 0 aliphatic heterocycles. The number of rotatable bonds is 5. The van der Waals surface area contributed by atoms with E-state index in [0.29, 0.717) is 12.2 Å². The lowest BCUT2D eigenvalue weighted by atomic mass is 9.87. The van der Waals surface area contributed by atoms with E-state index in [-0.39, 0.29) is 0 Å². The zero-order valence-corrected chi connectivity index (χ0v) is 12.9. The number of carbonyl (C=O) groups excluding carboxylic acids is 1. The summed E-state index contributed by atoms with van der Waals surface area (Å²) < 4.78 is 0. The molecule has 0 aliphatic carbocycles. The predicted molar refractivity (Wildman–Crippen MR) is 82.2 cm³/mol. The molecule has 0 unspecified atom stereocenters. The first kappa shape index (κ1) is 17.0. The lowest BCUT2D eigenvalue weighted by Crippen LogP contribution is -2.50. The van der Waals surface area contributed by atoms with Crippen molar-refractivity contribution in [3.05, 3.63) is 29.8 Å². The summed E-state index contributed by atoms with van der Waals surface area (Å²) in [5.74, 6) is -1.05. The van der Waals surface area contributed by atoms with Crippen LogP contribution in [0.4, 0.5) is 10.5 Å². The summed E-state index contributed by atoms with van der Waals surface area (Å²) in [4.78, 5) is 23.3. The van der Waals surface area contributed by atoms with E-state index in [0.717, 1.165) is 5.56 Å². The minimum atomic E-state index is -1.05. The highest BCUT2D eigenvalue weighted by Gasteiger charge is 2.32. The molecule has 0 saturated carbocycles. The average molecular weight is 293 g/mol. The minimum absolute atomic E-state index is 0.527. The van der Waals surface area contributed by atoms with Crippen molar-refractivity contribution in [2.75, 3.05) is 12.4 Å². The van der Waals surface area contributed by atoms with Gasteiger partial charge < -0.3 is 21.1 Å². The van der Waals surface area contributed by atoms with Crippen molar-refractivity contribution in [2.45, 2.75) is 33.4 Å². The summed E-state index contributed by atoms with van der Waals surface area (Å²) >= 11 is 0. The molecule has 1 aromatic carbocycles. The SMILES string of the molecule is CNCc1ccccc1NC(=O)N[C@@H](C(=O)O)C(C)(C)C. The number of benzene rings is 1. The number of amides is 2. The first-order chi connectivity index (χ1) is 9.75. The molecule has 1 aromatic rings. The van der Waals surface area contributed by atoms with E-state index >= 15 is 0 Å². The summed E-state index contributed by atoms with van der Waals surface area (Å²) in [6.07, 6.45) is 0. The highest BCUT2D eigenvalue weighted by atomic mass is 16.4. The standard InChI is InChI=1S/C15H23N3O3/c1-15(2,3)12(13(19)20)18-14(21)17-11-8-6-5-7-10(11)9-16-4/h5-8,12,16H,9H2,1-4H3,(H,19,20)(H2,17,18,21)/t12-/m0/s1. The van der Waals surface area contributed by atoms with Gasteiger partial charge in [-0.3, -0.25) is 0 Å². The van der Waals surface area contributed by atoms with Gasteiger partial charge in [0.25, 0.3) is 0 Å². The van der Waals surface area contributed by atoms with Crippen LogP contribution in [0.3, 0.4) is 0 Å². The average Bonchev–Trinajstić information content (AvgIpc) is 2.37. The second-order valence-corrected chi connectivity index (χ2v) is 5.92. The van der Waals surface area contributed by atoms with Gasteiger partial charge in [-0.2, -0.15) is 0 Å². The van der Waals surface area contributed by atoms with Crippen LogP contribution in [-0.2, 0) is 11.3 Å². The Hall–Kier alpha value is -2.08. The molecular weight excluding hydrogens is 270 g/mol. The molecule has 0 spiro atoms. The number of urea groups is 1. The number of carbonyl (C=O) groups is 2. The Labute approximate surface area is 124 Å². The smallest absolute Gasteiger partial charge is 0.326 e. The van der Waals surface area contributed by atoms with E-state index in [9.17, 15) is 14.7 Å². The van der Waals surface area contributed by atoms with Crippen LogP contribution in [0.25, 0.3) is 0 Å². The molecule has 0 saturated heterocycles. The zero-order chi connectivity index (χ0) is 16.0. The monoisotopic (exact) mass is 293 g/mol. The van der Waals surface area contributed by atoms with Crippen molar-refractivity contribution in [3.63, 3.8) is 0 Å². The van der Waals surface area contributed by atoms with Crippen LogP contribution in [-0.4, -0.2) is 30.2 Å². The van der Waals surface area contributed by atoms with E-state index in [1.165, 1.54) is 0 Å². The molecule has 0 heterocycles. The van der Waals surface area contributed by atoms with Gasteiger partial charge in [0, 0.05) is 12.2 Å². The van der Waals surface area contributed by atoms with E-state index in [1.807, 2.05) is 25.2 Å². The second-order valence-electron chi connectivity index (χ2n) is 5.92. The van der Waals surface area contributed by atoms with Crippen LogP contribution in [0.1, 0.15) is 26.3 Å². The fraction of sp³-hybridized carbons (Fsp3) is 0.467. The van der Waals surface area contributed by atoms with E-state index in [2.05, 4.69) is 16.0 Å². The van der Waals surface area contributed by atoms with Crippen molar-refractivity contribution < 1.29 is 14.7 Å². The third-order valence-corrected chi connectivity index (χ3v) is 3.02. The van der Waals surface area contributed by atoms with Crippen molar-refractivity contribution in [1.29, 1.82) is 0 Å². The van der Waals surface area contributed by atoms with Crippen LogP contribution < -0.4 is 16.0 Å². The van der Waals surface area contributed by atoms with Gasteiger partial charge in [-0.25, -0.2) is 9.59 Å². The minimum Gasteiger partial charge on any atom is -0.480 e. The lowest BCUT2D eigenvalue weighted by Gasteiger charge is -2.27. The van der Waals surface area contributed by atoms with Crippen LogP contribution in [0.2, 0.25) is 0 Å². The number of para-hydroxylation sites is 1. The van der Waals surface area contributed by atoms with Crippen molar-refractivity contribution in [3.8, 4) is 0 Å². The van der Waals surface area contributed by atoms with Crippen LogP contribution in [0.15, 0.2) is 24.3 Å². The lowest BCUT2D eigenvalue weighted by molar-refractivity contribution is -0.141. The summed E-state index contributed by atoms with van der Waals surface area (Å²) in [5, 5.41) is 17.4. The Morgan fingerprint density at radius 1 is 1.24 bits per heavy atom. The third kappa shape index (κ3) is 5.07. The molecule has 0 bridgehead atoms. The van der Waals surface area contributed by atoms with Gasteiger partial charge in [0.1, 0.15) is 6.04 Å². The van der Waals surface area contributed by atoms with Gasteiger partial charge >= 0.3 is 12.0 Å². The van der Waals surface area contributed by atoms with Crippen molar-refractivity contribution in [1.82, 2.24) is 10.6 Å². The Bertz CT molecular complexity index is 509. The Kier molecular flexibility index (Phi) is 5.72. The topological polar surface area (TPSA) is 90.5 Å².